The molecule has 0 aromatic heterocycles. The summed E-state index contributed by atoms with van der Waals surface area (Å²) in [5, 5.41) is 3.72. The molecule has 106 valence electrons. The maximum Gasteiger partial charge on any atom is 0.0520 e. The fraction of sp³-hybridized carbons (Fsp3) is 0.625. The summed E-state index contributed by atoms with van der Waals surface area (Å²) in [6.45, 7) is 9.65. The Balaban J connectivity index is 2.07. The van der Waals surface area contributed by atoms with Crippen molar-refractivity contribution in [3.05, 3.63) is 29.8 Å². The van der Waals surface area contributed by atoms with Gasteiger partial charge in [0.1, 0.15) is 0 Å². The van der Waals surface area contributed by atoms with Crippen LogP contribution in [0.1, 0.15) is 32.3 Å². The molecule has 0 aliphatic carbocycles. The Morgan fingerprint density at radius 2 is 1.89 bits per heavy atom. The van der Waals surface area contributed by atoms with Crippen molar-refractivity contribution >= 4 is 5.69 Å². The summed E-state index contributed by atoms with van der Waals surface area (Å²) < 4.78 is 0. The second-order valence-electron chi connectivity index (χ2n) is 6.05. The molecular formula is C16H27N3. The lowest BCUT2D eigenvalue weighted by Crippen LogP contribution is -2.54. The zero-order valence-corrected chi connectivity index (χ0v) is 12.4. The molecule has 0 atom stereocenters. The van der Waals surface area contributed by atoms with Crippen LogP contribution in [-0.2, 0) is 0 Å². The average Bonchev–Trinajstić information content (AvgIpc) is 2.42. The maximum absolute atomic E-state index is 6.08. The summed E-state index contributed by atoms with van der Waals surface area (Å²) in [4.78, 5) is 2.54. The van der Waals surface area contributed by atoms with Gasteiger partial charge in [-0.1, -0.05) is 18.2 Å². The van der Waals surface area contributed by atoms with Crippen LogP contribution < -0.4 is 11.1 Å². The summed E-state index contributed by atoms with van der Waals surface area (Å²) in [5.41, 5.74) is 8.66. The Morgan fingerprint density at radius 3 is 2.42 bits per heavy atom. The molecule has 0 amide bonds. The number of likely N-dealkylation sites (tertiary alicyclic amines) is 1. The van der Waals surface area contributed by atoms with Gasteiger partial charge in [-0.05, 0) is 45.2 Å². The van der Waals surface area contributed by atoms with Crippen LogP contribution in [0.15, 0.2) is 24.3 Å². The molecule has 1 heterocycles. The first-order chi connectivity index (χ1) is 9.06. The maximum atomic E-state index is 6.08. The Bertz CT molecular complexity index is 406. The highest BCUT2D eigenvalue weighted by atomic mass is 15.2. The van der Waals surface area contributed by atoms with Gasteiger partial charge in [-0.25, -0.2) is 0 Å². The number of benzene rings is 1. The SMILES string of the molecule is Cc1ccccc1NC1(CN)CCN(C(C)C)CC1. The van der Waals surface area contributed by atoms with E-state index in [0.717, 1.165) is 25.9 Å². The van der Waals surface area contributed by atoms with E-state index < -0.39 is 0 Å². The average molecular weight is 261 g/mol. The molecule has 1 aliphatic rings. The van der Waals surface area contributed by atoms with Crippen molar-refractivity contribution in [2.75, 3.05) is 25.0 Å². The van der Waals surface area contributed by atoms with E-state index in [4.69, 9.17) is 5.73 Å². The van der Waals surface area contributed by atoms with Gasteiger partial charge in [0.15, 0.2) is 0 Å². The predicted molar refractivity (Wildman–Crippen MR) is 82.5 cm³/mol. The number of rotatable bonds is 4. The number of hydrogen-bond donors (Lipinski definition) is 2. The zero-order chi connectivity index (χ0) is 13.9. The van der Waals surface area contributed by atoms with Crippen LogP contribution in [0, 0.1) is 6.92 Å². The molecule has 1 saturated heterocycles. The summed E-state index contributed by atoms with van der Waals surface area (Å²) in [6.07, 6.45) is 2.24. The van der Waals surface area contributed by atoms with E-state index in [-0.39, 0.29) is 5.54 Å². The third-order valence-electron chi connectivity index (χ3n) is 4.42. The molecule has 2 rings (SSSR count). The van der Waals surface area contributed by atoms with Crippen LogP contribution in [0.25, 0.3) is 0 Å². The Kier molecular flexibility index (Phi) is 4.48. The van der Waals surface area contributed by atoms with Gasteiger partial charge in [0.05, 0.1) is 5.54 Å². The van der Waals surface area contributed by atoms with Gasteiger partial charge in [0, 0.05) is 31.4 Å². The van der Waals surface area contributed by atoms with Crippen LogP contribution >= 0.6 is 0 Å². The topological polar surface area (TPSA) is 41.3 Å². The minimum Gasteiger partial charge on any atom is -0.378 e. The molecular weight excluding hydrogens is 234 g/mol. The summed E-state index contributed by atoms with van der Waals surface area (Å²) in [6, 6.07) is 9.10. The second-order valence-corrected chi connectivity index (χ2v) is 6.05. The number of nitrogens with two attached hydrogens (primary N) is 1. The third-order valence-corrected chi connectivity index (χ3v) is 4.42. The van der Waals surface area contributed by atoms with Gasteiger partial charge in [0.25, 0.3) is 0 Å². The Labute approximate surface area is 117 Å². The minimum atomic E-state index is 0.0670. The van der Waals surface area contributed by atoms with Crippen molar-refractivity contribution in [2.45, 2.75) is 45.2 Å². The largest absolute Gasteiger partial charge is 0.378 e. The quantitative estimate of drug-likeness (QED) is 0.875. The number of anilines is 1. The molecule has 0 radical (unpaired) electrons. The fourth-order valence-electron chi connectivity index (χ4n) is 2.85. The highest BCUT2D eigenvalue weighted by molar-refractivity contribution is 5.52. The van der Waals surface area contributed by atoms with Gasteiger partial charge in [-0.3, -0.25) is 0 Å². The smallest absolute Gasteiger partial charge is 0.0520 e. The minimum absolute atomic E-state index is 0.0670. The van der Waals surface area contributed by atoms with Crippen molar-refractivity contribution in [3.8, 4) is 0 Å². The van der Waals surface area contributed by atoms with Crippen LogP contribution in [-0.4, -0.2) is 36.1 Å². The standard InChI is InChI=1S/C16H27N3/c1-13(2)19-10-8-16(12-17,9-11-19)18-15-7-5-4-6-14(15)3/h4-7,13,18H,8-12,17H2,1-3H3. The number of aryl methyl sites for hydroxylation is 1. The van der Waals surface area contributed by atoms with E-state index in [1.807, 2.05) is 0 Å². The highest BCUT2D eigenvalue weighted by Gasteiger charge is 2.34. The van der Waals surface area contributed by atoms with Gasteiger partial charge in [0.2, 0.25) is 0 Å². The van der Waals surface area contributed by atoms with Crippen molar-refractivity contribution in [1.82, 2.24) is 4.90 Å². The summed E-state index contributed by atoms with van der Waals surface area (Å²) >= 11 is 0. The highest BCUT2D eigenvalue weighted by Crippen LogP contribution is 2.28. The molecule has 3 N–H and O–H groups in total. The van der Waals surface area contributed by atoms with E-state index >= 15 is 0 Å². The lowest BCUT2D eigenvalue weighted by molar-refractivity contribution is 0.144. The molecule has 0 bridgehead atoms. The normalized spacial score (nSPS) is 19.6. The number of nitrogens with zero attached hydrogens (tertiary/aromatic N) is 1. The second kappa shape index (κ2) is 5.93. The molecule has 3 nitrogen and oxygen atoms in total. The van der Waals surface area contributed by atoms with Crippen molar-refractivity contribution in [1.29, 1.82) is 0 Å². The number of piperidine rings is 1. The van der Waals surface area contributed by atoms with E-state index in [9.17, 15) is 0 Å². The Hall–Kier alpha value is -1.06. The molecule has 0 spiro atoms. The Morgan fingerprint density at radius 1 is 1.26 bits per heavy atom. The molecule has 19 heavy (non-hydrogen) atoms. The van der Waals surface area contributed by atoms with Crippen molar-refractivity contribution in [2.24, 2.45) is 5.73 Å². The molecule has 0 saturated carbocycles. The van der Waals surface area contributed by atoms with Crippen molar-refractivity contribution in [3.63, 3.8) is 0 Å². The zero-order valence-electron chi connectivity index (χ0n) is 12.4. The van der Waals surface area contributed by atoms with Gasteiger partial charge >= 0.3 is 0 Å². The summed E-state index contributed by atoms with van der Waals surface area (Å²) in [7, 11) is 0. The van der Waals surface area contributed by atoms with Gasteiger partial charge < -0.3 is 16.0 Å². The van der Waals surface area contributed by atoms with Crippen molar-refractivity contribution < 1.29 is 0 Å². The molecule has 1 fully saturated rings. The lowest BCUT2D eigenvalue weighted by Gasteiger charge is -2.44. The first-order valence-electron chi connectivity index (χ1n) is 7.34. The first-order valence-corrected chi connectivity index (χ1v) is 7.34. The molecule has 0 unspecified atom stereocenters. The molecule has 1 aliphatic heterocycles. The molecule has 1 aromatic carbocycles. The van der Waals surface area contributed by atoms with Gasteiger partial charge in [-0.2, -0.15) is 0 Å². The van der Waals surface area contributed by atoms with Crippen LogP contribution in [0.4, 0.5) is 5.69 Å². The van der Waals surface area contributed by atoms with E-state index in [0.29, 0.717) is 12.6 Å². The lowest BCUT2D eigenvalue weighted by atomic mass is 9.86. The van der Waals surface area contributed by atoms with Gasteiger partial charge in [-0.15, -0.1) is 0 Å². The number of hydrogen-bond acceptors (Lipinski definition) is 3. The van der Waals surface area contributed by atoms with Crippen LogP contribution in [0.3, 0.4) is 0 Å². The summed E-state index contributed by atoms with van der Waals surface area (Å²) in [5.74, 6) is 0. The monoisotopic (exact) mass is 261 g/mol. The number of para-hydroxylation sites is 1. The number of nitrogens with one attached hydrogen (secondary N) is 1. The first kappa shape index (κ1) is 14.4. The molecule has 3 heteroatoms. The van der Waals surface area contributed by atoms with E-state index in [2.05, 4.69) is 55.3 Å². The predicted octanol–water partition coefficient (Wildman–Crippen LogP) is 2.61. The van der Waals surface area contributed by atoms with E-state index in [1.165, 1.54) is 11.3 Å². The molecule has 1 aromatic rings. The van der Waals surface area contributed by atoms with Crippen LogP contribution in [0.2, 0.25) is 0 Å². The van der Waals surface area contributed by atoms with E-state index in [1.54, 1.807) is 0 Å². The third kappa shape index (κ3) is 3.28. The fourth-order valence-corrected chi connectivity index (χ4v) is 2.85. The van der Waals surface area contributed by atoms with Crippen LogP contribution in [0.5, 0.6) is 0 Å².